The van der Waals surface area contributed by atoms with Crippen LogP contribution in [0, 0.1) is 22.2 Å². The molecule has 0 aromatic rings. The zero-order valence-electron chi connectivity index (χ0n) is 26.2. The quantitative estimate of drug-likeness (QED) is 0.268. The second kappa shape index (κ2) is 11.8. The van der Waals surface area contributed by atoms with Crippen LogP contribution in [0.4, 0.5) is 9.59 Å². The van der Waals surface area contributed by atoms with Crippen molar-refractivity contribution < 1.29 is 38.1 Å². The summed E-state index contributed by atoms with van der Waals surface area (Å²) in [6, 6.07) is 0. The van der Waals surface area contributed by atoms with E-state index in [4.69, 9.17) is 23.7 Å². The number of carbonyl (C=O) groups excluding carboxylic acids is 3. The van der Waals surface area contributed by atoms with Gasteiger partial charge in [0.25, 0.3) is 0 Å². The van der Waals surface area contributed by atoms with Crippen molar-refractivity contribution in [1.82, 2.24) is 5.32 Å². The molecule has 9 heteroatoms. The summed E-state index contributed by atoms with van der Waals surface area (Å²) in [7, 11) is 0. The standard InChI is InChI=1S/C30H53NO8/c1-12-35-23(33)38-29(13-14-36-22(32)28(11,26(5,6)7)18-25(2,3)4)15-21-16-30(19-29,20-31-17-21)39-24(34)37-27(8,9)10/h21,31H,12-20H2,1-11H3. The van der Waals surface area contributed by atoms with Crippen LogP contribution in [-0.4, -0.2) is 61.4 Å². The fourth-order valence-corrected chi connectivity index (χ4v) is 6.04. The van der Waals surface area contributed by atoms with Gasteiger partial charge in [-0.3, -0.25) is 4.79 Å². The lowest BCUT2D eigenvalue weighted by Gasteiger charge is -2.52. The zero-order valence-corrected chi connectivity index (χ0v) is 26.2. The second-order valence-corrected chi connectivity index (χ2v) is 15.0. The van der Waals surface area contributed by atoms with Gasteiger partial charge >= 0.3 is 18.3 Å². The number of ether oxygens (including phenoxy) is 5. The van der Waals surface area contributed by atoms with E-state index in [1.54, 1.807) is 27.7 Å². The molecule has 1 heterocycles. The Balaban J connectivity index is 2.28. The lowest BCUT2D eigenvalue weighted by molar-refractivity contribution is -0.174. The van der Waals surface area contributed by atoms with Crippen molar-refractivity contribution in [2.45, 2.75) is 125 Å². The number of fused-ring (bicyclic) bond motifs is 2. The third-order valence-electron chi connectivity index (χ3n) is 7.88. The average Bonchev–Trinajstić information content (AvgIpc) is 2.69. The summed E-state index contributed by atoms with van der Waals surface area (Å²) in [6.45, 7) is 22.9. The number of piperidine rings is 1. The summed E-state index contributed by atoms with van der Waals surface area (Å²) in [5, 5.41) is 3.35. The largest absolute Gasteiger partial charge is 0.509 e. The van der Waals surface area contributed by atoms with Crippen molar-refractivity contribution in [2.24, 2.45) is 22.2 Å². The van der Waals surface area contributed by atoms with Gasteiger partial charge in [0, 0.05) is 19.4 Å². The molecule has 0 radical (unpaired) electrons. The molecule has 2 rings (SSSR count). The molecule has 0 amide bonds. The first kappa shape index (κ1) is 33.2. The zero-order chi connectivity index (χ0) is 29.9. The number of carbonyl (C=O) groups is 3. The highest BCUT2D eigenvalue weighted by atomic mass is 16.7. The predicted octanol–water partition coefficient (Wildman–Crippen LogP) is 6.41. The molecule has 1 aliphatic heterocycles. The van der Waals surface area contributed by atoms with Crippen molar-refractivity contribution in [3.63, 3.8) is 0 Å². The Labute approximate surface area is 235 Å². The summed E-state index contributed by atoms with van der Waals surface area (Å²) < 4.78 is 28.4. The van der Waals surface area contributed by atoms with Gasteiger partial charge in [-0.05, 0) is 77.2 Å². The van der Waals surface area contributed by atoms with E-state index in [0.717, 1.165) is 0 Å². The molecule has 4 atom stereocenters. The maximum absolute atomic E-state index is 13.5. The summed E-state index contributed by atoms with van der Waals surface area (Å²) in [5.74, 6) is -0.186. The Morgan fingerprint density at radius 3 is 2.05 bits per heavy atom. The molecular weight excluding hydrogens is 502 g/mol. The molecule has 39 heavy (non-hydrogen) atoms. The van der Waals surface area contributed by atoms with E-state index < -0.39 is 34.5 Å². The topological polar surface area (TPSA) is 109 Å². The van der Waals surface area contributed by atoms with E-state index in [0.29, 0.717) is 32.4 Å². The number of esters is 1. The van der Waals surface area contributed by atoms with Gasteiger partial charge in [0.1, 0.15) is 16.8 Å². The van der Waals surface area contributed by atoms with Crippen LogP contribution in [-0.2, 0) is 28.5 Å². The molecule has 226 valence electrons. The van der Waals surface area contributed by atoms with Crippen molar-refractivity contribution in [1.29, 1.82) is 0 Å². The van der Waals surface area contributed by atoms with Gasteiger partial charge in [-0.25, -0.2) is 9.59 Å². The van der Waals surface area contributed by atoms with Crippen LogP contribution < -0.4 is 5.32 Å². The minimum atomic E-state index is -1.03. The first-order chi connectivity index (χ1) is 17.6. The monoisotopic (exact) mass is 555 g/mol. The fraction of sp³-hybridized carbons (Fsp3) is 0.900. The molecule has 2 fully saturated rings. The Morgan fingerprint density at radius 1 is 0.872 bits per heavy atom. The van der Waals surface area contributed by atoms with Crippen LogP contribution >= 0.6 is 0 Å². The van der Waals surface area contributed by atoms with Gasteiger partial charge in [-0.15, -0.1) is 0 Å². The van der Waals surface area contributed by atoms with E-state index in [2.05, 4.69) is 46.9 Å². The summed E-state index contributed by atoms with van der Waals surface area (Å²) in [5.41, 5.74) is -3.77. The lowest BCUT2D eigenvalue weighted by atomic mass is 9.61. The normalized spacial score (nSPS) is 27.1. The first-order valence-corrected chi connectivity index (χ1v) is 14.3. The van der Waals surface area contributed by atoms with Crippen LogP contribution in [0.5, 0.6) is 0 Å². The van der Waals surface area contributed by atoms with Crippen LogP contribution in [0.15, 0.2) is 0 Å². The number of nitrogens with one attached hydrogen (secondary N) is 1. The van der Waals surface area contributed by atoms with Crippen molar-refractivity contribution in [3.05, 3.63) is 0 Å². The molecule has 1 aliphatic carbocycles. The van der Waals surface area contributed by atoms with Crippen molar-refractivity contribution >= 4 is 18.3 Å². The Morgan fingerprint density at radius 2 is 1.51 bits per heavy atom. The van der Waals surface area contributed by atoms with Crippen molar-refractivity contribution in [3.8, 4) is 0 Å². The SMILES string of the molecule is CCOC(=O)OC1(CCOC(=O)C(C)(CC(C)(C)C)C(C)(C)C)CC2CNCC(OC(=O)OC(C)(C)C)(C2)C1. The summed E-state index contributed by atoms with van der Waals surface area (Å²) in [6.07, 6.45) is 0.798. The molecular formula is C30H53NO8. The van der Waals surface area contributed by atoms with Gasteiger partial charge in [0.15, 0.2) is 0 Å². The van der Waals surface area contributed by atoms with Gasteiger partial charge < -0.3 is 29.0 Å². The number of hydrogen-bond donors (Lipinski definition) is 1. The average molecular weight is 556 g/mol. The maximum atomic E-state index is 13.5. The van der Waals surface area contributed by atoms with Crippen LogP contribution in [0.3, 0.4) is 0 Å². The van der Waals surface area contributed by atoms with E-state index in [9.17, 15) is 14.4 Å². The molecule has 1 saturated carbocycles. The first-order valence-electron chi connectivity index (χ1n) is 14.3. The van der Waals surface area contributed by atoms with Crippen LogP contribution in [0.2, 0.25) is 0 Å². The fourth-order valence-electron chi connectivity index (χ4n) is 6.04. The summed E-state index contributed by atoms with van der Waals surface area (Å²) in [4.78, 5) is 38.8. The van der Waals surface area contributed by atoms with E-state index in [-0.39, 0.29) is 48.8 Å². The second-order valence-electron chi connectivity index (χ2n) is 15.0. The molecule has 0 aromatic carbocycles. The minimum Gasteiger partial charge on any atom is -0.465 e. The van der Waals surface area contributed by atoms with Gasteiger partial charge in [-0.2, -0.15) is 0 Å². The highest BCUT2D eigenvalue weighted by Crippen LogP contribution is 2.49. The maximum Gasteiger partial charge on any atom is 0.509 e. The Hall–Kier alpha value is -2.03. The van der Waals surface area contributed by atoms with E-state index >= 15 is 0 Å². The molecule has 2 bridgehead atoms. The Bertz CT molecular complexity index is 883. The summed E-state index contributed by atoms with van der Waals surface area (Å²) >= 11 is 0. The lowest BCUT2D eigenvalue weighted by Crippen LogP contribution is -2.62. The van der Waals surface area contributed by atoms with E-state index in [1.165, 1.54) is 0 Å². The molecule has 2 aliphatic rings. The van der Waals surface area contributed by atoms with Crippen LogP contribution in [0.25, 0.3) is 0 Å². The smallest absolute Gasteiger partial charge is 0.465 e. The van der Waals surface area contributed by atoms with Crippen molar-refractivity contribution in [2.75, 3.05) is 26.3 Å². The third kappa shape index (κ3) is 9.25. The molecule has 1 N–H and O–H groups in total. The van der Waals surface area contributed by atoms with Gasteiger partial charge in [0.2, 0.25) is 0 Å². The predicted molar refractivity (Wildman–Crippen MR) is 148 cm³/mol. The Kier molecular flexibility index (Phi) is 10.1. The number of hydrogen-bond acceptors (Lipinski definition) is 9. The highest BCUT2D eigenvalue weighted by molar-refractivity contribution is 5.77. The van der Waals surface area contributed by atoms with E-state index in [1.807, 2.05) is 6.92 Å². The van der Waals surface area contributed by atoms with Gasteiger partial charge in [-0.1, -0.05) is 41.5 Å². The molecule has 1 saturated heterocycles. The van der Waals surface area contributed by atoms with Crippen LogP contribution in [0.1, 0.15) is 108 Å². The molecule has 0 aromatic heterocycles. The molecule has 0 spiro atoms. The highest BCUT2D eigenvalue weighted by Gasteiger charge is 2.55. The molecule has 4 unspecified atom stereocenters. The minimum absolute atomic E-state index is 0.0662. The molecule has 9 nitrogen and oxygen atoms in total. The number of rotatable bonds is 8. The third-order valence-corrected chi connectivity index (χ3v) is 7.88. The van der Waals surface area contributed by atoms with Gasteiger partial charge in [0.05, 0.1) is 18.6 Å².